The Morgan fingerprint density at radius 3 is 2.73 bits per heavy atom. The third-order valence-corrected chi connectivity index (χ3v) is 5.56. The van der Waals surface area contributed by atoms with E-state index in [1.165, 1.54) is 18.9 Å². The van der Waals surface area contributed by atoms with E-state index in [9.17, 15) is 9.50 Å². The average molecular weight is 327 g/mol. The van der Waals surface area contributed by atoms with Crippen molar-refractivity contribution in [1.29, 1.82) is 0 Å². The van der Waals surface area contributed by atoms with Crippen LogP contribution in [-0.2, 0) is 6.54 Å². The standard InChI is InChI=1S/C17H24ClFN2O/c18-16-2-1-12(7-17(16)19)10-21-5-3-13(4-6-21)15-9-20-8-14(15)11-22/h1-2,7,13-15,20,22H,3-6,8-11H2/t14-,15-/m0/s1. The topological polar surface area (TPSA) is 35.5 Å². The Balaban J connectivity index is 1.52. The van der Waals surface area contributed by atoms with Crippen LogP contribution in [0, 0.1) is 23.6 Å². The summed E-state index contributed by atoms with van der Waals surface area (Å²) in [5.74, 6) is 1.39. The van der Waals surface area contributed by atoms with Crippen molar-refractivity contribution in [2.24, 2.45) is 17.8 Å². The second-order valence-corrected chi connectivity index (χ2v) is 7.03. The smallest absolute Gasteiger partial charge is 0.142 e. The predicted molar refractivity (Wildman–Crippen MR) is 86.3 cm³/mol. The number of nitrogens with one attached hydrogen (secondary N) is 1. The summed E-state index contributed by atoms with van der Waals surface area (Å²) in [7, 11) is 0. The number of aliphatic hydroxyl groups excluding tert-OH is 1. The van der Waals surface area contributed by atoms with E-state index in [1.807, 2.05) is 6.07 Å². The fraction of sp³-hybridized carbons (Fsp3) is 0.647. The van der Waals surface area contributed by atoms with Gasteiger partial charge in [0.1, 0.15) is 5.82 Å². The molecule has 2 atom stereocenters. The van der Waals surface area contributed by atoms with Crippen molar-refractivity contribution in [3.63, 3.8) is 0 Å². The van der Waals surface area contributed by atoms with E-state index < -0.39 is 0 Å². The molecule has 0 saturated carbocycles. The zero-order valence-corrected chi connectivity index (χ0v) is 13.5. The lowest BCUT2D eigenvalue weighted by molar-refractivity contribution is 0.108. The first-order valence-electron chi connectivity index (χ1n) is 8.15. The van der Waals surface area contributed by atoms with Gasteiger partial charge in [0, 0.05) is 19.7 Å². The minimum Gasteiger partial charge on any atom is -0.396 e. The Kier molecular flexibility index (Phi) is 5.34. The van der Waals surface area contributed by atoms with Gasteiger partial charge in [0.2, 0.25) is 0 Å². The molecule has 1 aromatic carbocycles. The van der Waals surface area contributed by atoms with E-state index in [1.54, 1.807) is 6.07 Å². The minimum atomic E-state index is -0.336. The number of hydrogen-bond donors (Lipinski definition) is 2. The van der Waals surface area contributed by atoms with E-state index in [4.69, 9.17) is 11.6 Å². The number of likely N-dealkylation sites (tertiary alicyclic amines) is 1. The summed E-state index contributed by atoms with van der Waals surface area (Å²) in [5.41, 5.74) is 0.983. The second kappa shape index (κ2) is 7.26. The number of aliphatic hydroxyl groups is 1. The zero-order chi connectivity index (χ0) is 15.5. The highest BCUT2D eigenvalue weighted by Crippen LogP contribution is 2.32. The van der Waals surface area contributed by atoms with Gasteiger partial charge in [-0.3, -0.25) is 4.90 Å². The van der Waals surface area contributed by atoms with Gasteiger partial charge in [-0.1, -0.05) is 17.7 Å². The van der Waals surface area contributed by atoms with Crippen LogP contribution in [0.2, 0.25) is 5.02 Å². The maximum atomic E-state index is 13.5. The van der Waals surface area contributed by atoms with Gasteiger partial charge < -0.3 is 10.4 Å². The molecule has 0 unspecified atom stereocenters. The molecule has 2 fully saturated rings. The Morgan fingerprint density at radius 2 is 2.05 bits per heavy atom. The largest absolute Gasteiger partial charge is 0.396 e. The normalized spacial score (nSPS) is 27.4. The molecule has 122 valence electrons. The van der Waals surface area contributed by atoms with Crippen molar-refractivity contribution < 1.29 is 9.50 Å². The summed E-state index contributed by atoms with van der Waals surface area (Å²) in [6, 6.07) is 5.08. The molecule has 0 aromatic heterocycles. The number of benzene rings is 1. The zero-order valence-electron chi connectivity index (χ0n) is 12.8. The van der Waals surface area contributed by atoms with E-state index in [-0.39, 0.29) is 10.8 Å². The number of halogens is 2. The van der Waals surface area contributed by atoms with Crippen molar-refractivity contribution in [2.75, 3.05) is 32.8 Å². The molecule has 3 rings (SSSR count). The quantitative estimate of drug-likeness (QED) is 0.892. The highest BCUT2D eigenvalue weighted by Gasteiger charge is 2.34. The molecular weight excluding hydrogens is 303 g/mol. The van der Waals surface area contributed by atoms with Gasteiger partial charge in [-0.15, -0.1) is 0 Å². The van der Waals surface area contributed by atoms with Gasteiger partial charge in [-0.05, 0) is 67.9 Å². The fourth-order valence-corrected chi connectivity index (χ4v) is 4.06. The SMILES string of the molecule is OC[C@@H]1CNC[C@H]1C1CCN(Cc2ccc(Cl)c(F)c2)CC1. The third-order valence-electron chi connectivity index (χ3n) is 5.25. The number of rotatable bonds is 4. The average Bonchev–Trinajstić information content (AvgIpc) is 3.00. The summed E-state index contributed by atoms with van der Waals surface area (Å²) >= 11 is 5.73. The first kappa shape index (κ1) is 16.2. The van der Waals surface area contributed by atoms with E-state index in [0.29, 0.717) is 24.4 Å². The van der Waals surface area contributed by atoms with Crippen LogP contribution in [0.25, 0.3) is 0 Å². The first-order chi connectivity index (χ1) is 10.7. The lowest BCUT2D eigenvalue weighted by Crippen LogP contribution is -2.38. The predicted octanol–water partition coefficient (Wildman–Crippen LogP) is 2.52. The molecule has 2 heterocycles. The number of hydrogen-bond acceptors (Lipinski definition) is 3. The van der Waals surface area contributed by atoms with Gasteiger partial charge in [-0.2, -0.15) is 0 Å². The minimum absolute atomic E-state index is 0.186. The van der Waals surface area contributed by atoms with Crippen LogP contribution in [0.15, 0.2) is 18.2 Å². The molecule has 0 aliphatic carbocycles. The summed E-state index contributed by atoms with van der Waals surface area (Å²) in [4.78, 5) is 2.38. The monoisotopic (exact) mass is 326 g/mol. The van der Waals surface area contributed by atoms with Crippen LogP contribution < -0.4 is 5.32 Å². The van der Waals surface area contributed by atoms with Crippen molar-refractivity contribution in [1.82, 2.24) is 10.2 Å². The van der Waals surface area contributed by atoms with Crippen LogP contribution in [0.4, 0.5) is 4.39 Å². The van der Waals surface area contributed by atoms with Crippen LogP contribution in [0.5, 0.6) is 0 Å². The number of piperidine rings is 1. The van der Waals surface area contributed by atoms with Gasteiger partial charge in [0.25, 0.3) is 0 Å². The molecule has 2 saturated heterocycles. The summed E-state index contributed by atoms with van der Waals surface area (Å²) in [5, 5.41) is 13.1. The molecule has 2 aliphatic heterocycles. The van der Waals surface area contributed by atoms with E-state index in [0.717, 1.165) is 38.3 Å². The van der Waals surface area contributed by atoms with Crippen molar-refractivity contribution >= 4 is 11.6 Å². The Morgan fingerprint density at radius 1 is 1.27 bits per heavy atom. The van der Waals surface area contributed by atoms with Gasteiger partial charge in [0.15, 0.2) is 0 Å². The molecule has 0 bridgehead atoms. The molecule has 5 heteroatoms. The summed E-state index contributed by atoms with van der Waals surface area (Å²) < 4.78 is 13.5. The van der Waals surface area contributed by atoms with Crippen LogP contribution in [0.1, 0.15) is 18.4 Å². The van der Waals surface area contributed by atoms with Gasteiger partial charge >= 0.3 is 0 Å². The van der Waals surface area contributed by atoms with E-state index >= 15 is 0 Å². The Hall–Kier alpha value is -0.680. The highest BCUT2D eigenvalue weighted by molar-refractivity contribution is 6.30. The van der Waals surface area contributed by atoms with Crippen molar-refractivity contribution in [2.45, 2.75) is 19.4 Å². The summed E-state index contributed by atoms with van der Waals surface area (Å²) in [6.45, 7) is 5.16. The van der Waals surface area contributed by atoms with Crippen molar-refractivity contribution in [3.05, 3.63) is 34.6 Å². The van der Waals surface area contributed by atoms with Crippen LogP contribution >= 0.6 is 11.6 Å². The van der Waals surface area contributed by atoms with Crippen LogP contribution in [-0.4, -0.2) is 42.8 Å². The number of nitrogens with zero attached hydrogens (tertiary/aromatic N) is 1. The van der Waals surface area contributed by atoms with Gasteiger partial charge in [0.05, 0.1) is 5.02 Å². The lowest BCUT2D eigenvalue weighted by Gasteiger charge is -2.36. The molecule has 3 nitrogen and oxygen atoms in total. The highest BCUT2D eigenvalue weighted by atomic mass is 35.5. The summed E-state index contributed by atoms with van der Waals surface area (Å²) in [6.07, 6.45) is 2.33. The maximum Gasteiger partial charge on any atom is 0.142 e. The third kappa shape index (κ3) is 3.62. The van der Waals surface area contributed by atoms with Crippen molar-refractivity contribution in [3.8, 4) is 0 Å². The maximum absolute atomic E-state index is 13.5. The second-order valence-electron chi connectivity index (χ2n) is 6.63. The van der Waals surface area contributed by atoms with E-state index in [2.05, 4.69) is 10.2 Å². The molecule has 2 aliphatic rings. The molecule has 2 N–H and O–H groups in total. The first-order valence-corrected chi connectivity index (χ1v) is 8.53. The molecule has 1 aromatic rings. The molecule has 0 radical (unpaired) electrons. The molecule has 0 amide bonds. The lowest BCUT2D eigenvalue weighted by atomic mass is 9.79. The molecule has 22 heavy (non-hydrogen) atoms. The Bertz CT molecular complexity index is 505. The van der Waals surface area contributed by atoms with Gasteiger partial charge in [-0.25, -0.2) is 4.39 Å². The van der Waals surface area contributed by atoms with Crippen LogP contribution in [0.3, 0.4) is 0 Å². The molecular formula is C17H24ClFN2O. The Labute approximate surface area is 136 Å². The molecule has 0 spiro atoms. The fourth-order valence-electron chi connectivity index (χ4n) is 3.94.